The van der Waals surface area contributed by atoms with Crippen LogP contribution in [0, 0.1) is 0 Å². The van der Waals surface area contributed by atoms with Crippen molar-refractivity contribution < 1.29 is 9.53 Å². The van der Waals surface area contributed by atoms with Crippen LogP contribution >= 0.6 is 0 Å². The van der Waals surface area contributed by atoms with Crippen molar-refractivity contribution in [1.29, 1.82) is 0 Å². The number of carbonyl (C=O) groups is 1. The average Bonchev–Trinajstić information content (AvgIpc) is 2.75. The normalized spacial score (nSPS) is 30.5. The van der Waals surface area contributed by atoms with Gasteiger partial charge in [-0.05, 0) is 13.0 Å². The number of nitrogens with zero attached hydrogens (tertiary/aromatic N) is 1. The molecular formula is C12H23N3O2. The van der Waals surface area contributed by atoms with E-state index in [-0.39, 0.29) is 5.91 Å². The van der Waals surface area contributed by atoms with Crippen LogP contribution in [0.2, 0.25) is 0 Å². The van der Waals surface area contributed by atoms with Crippen molar-refractivity contribution in [3.63, 3.8) is 0 Å². The minimum atomic E-state index is 0.183. The number of nitrogens with one attached hydrogen (secondary N) is 2. The molecule has 2 atom stereocenters. The van der Waals surface area contributed by atoms with Crippen molar-refractivity contribution in [3.05, 3.63) is 0 Å². The summed E-state index contributed by atoms with van der Waals surface area (Å²) in [5, 5.41) is 6.35. The van der Waals surface area contributed by atoms with Gasteiger partial charge in [-0.1, -0.05) is 6.92 Å². The molecule has 0 aromatic heterocycles. The minimum absolute atomic E-state index is 0.183. The lowest BCUT2D eigenvalue weighted by atomic mass is 10.2. The van der Waals surface area contributed by atoms with E-state index in [1.165, 1.54) is 0 Å². The van der Waals surface area contributed by atoms with Crippen molar-refractivity contribution in [2.24, 2.45) is 0 Å². The zero-order valence-electron chi connectivity index (χ0n) is 10.6. The minimum Gasteiger partial charge on any atom is -0.374 e. The van der Waals surface area contributed by atoms with E-state index in [1.54, 1.807) is 0 Å². The molecule has 0 spiro atoms. The second kappa shape index (κ2) is 6.33. The fraction of sp³-hybridized carbons (Fsp3) is 0.917. The largest absolute Gasteiger partial charge is 0.374 e. The summed E-state index contributed by atoms with van der Waals surface area (Å²) in [6.07, 6.45) is 1.93. The predicted molar refractivity (Wildman–Crippen MR) is 65.9 cm³/mol. The molecule has 2 rings (SSSR count). The van der Waals surface area contributed by atoms with E-state index in [9.17, 15) is 4.79 Å². The maximum Gasteiger partial charge on any atom is 0.220 e. The van der Waals surface area contributed by atoms with Crippen LogP contribution in [0.3, 0.4) is 0 Å². The number of morpholine rings is 1. The Balaban J connectivity index is 1.60. The summed E-state index contributed by atoms with van der Waals surface area (Å²) in [5.41, 5.74) is 0. The molecule has 2 fully saturated rings. The highest BCUT2D eigenvalue weighted by Crippen LogP contribution is 2.06. The maximum atomic E-state index is 11.0. The summed E-state index contributed by atoms with van der Waals surface area (Å²) in [6.45, 7) is 7.91. The summed E-state index contributed by atoms with van der Waals surface area (Å²) in [4.78, 5) is 13.4. The van der Waals surface area contributed by atoms with Crippen LogP contribution in [0.4, 0.5) is 0 Å². The number of rotatable bonds is 5. The molecule has 2 aliphatic rings. The van der Waals surface area contributed by atoms with Gasteiger partial charge in [0.05, 0.1) is 12.7 Å². The summed E-state index contributed by atoms with van der Waals surface area (Å²) in [6, 6.07) is 0.313. The predicted octanol–water partition coefficient (Wildman–Crippen LogP) is -0.425. The average molecular weight is 241 g/mol. The molecule has 2 N–H and O–H groups in total. The molecule has 5 heteroatoms. The third kappa shape index (κ3) is 3.94. The Hall–Kier alpha value is -0.650. The monoisotopic (exact) mass is 241 g/mol. The Bertz CT molecular complexity index is 260. The molecule has 98 valence electrons. The van der Waals surface area contributed by atoms with Gasteiger partial charge in [-0.2, -0.15) is 0 Å². The number of amides is 1. The van der Waals surface area contributed by atoms with Gasteiger partial charge >= 0.3 is 0 Å². The van der Waals surface area contributed by atoms with Gasteiger partial charge in [0, 0.05) is 38.6 Å². The zero-order chi connectivity index (χ0) is 12.1. The topological polar surface area (TPSA) is 53.6 Å². The Labute approximate surface area is 103 Å². The molecule has 0 aromatic carbocycles. The fourth-order valence-corrected chi connectivity index (χ4v) is 2.44. The maximum absolute atomic E-state index is 11.0. The first kappa shape index (κ1) is 12.8. The van der Waals surface area contributed by atoms with Gasteiger partial charge in [0.2, 0.25) is 5.91 Å². The second-order valence-electron chi connectivity index (χ2n) is 4.85. The Morgan fingerprint density at radius 3 is 3.12 bits per heavy atom. The van der Waals surface area contributed by atoms with Crippen molar-refractivity contribution in [3.8, 4) is 0 Å². The van der Waals surface area contributed by atoms with E-state index in [2.05, 4.69) is 22.5 Å². The highest BCUT2D eigenvalue weighted by Gasteiger charge is 2.22. The number of hydrogen-bond acceptors (Lipinski definition) is 4. The third-order valence-electron chi connectivity index (χ3n) is 3.52. The molecule has 1 amide bonds. The molecule has 2 heterocycles. The van der Waals surface area contributed by atoms with Crippen LogP contribution in [0.1, 0.15) is 19.8 Å². The molecule has 2 saturated heterocycles. The van der Waals surface area contributed by atoms with Crippen LogP contribution in [-0.4, -0.2) is 62.3 Å². The lowest BCUT2D eigenvalue weighted by Crippen LogP contribution is -2.48. The van der Waals surface area contributed by atoms with Crippen LogP contribution in [0.25, 0.3) is 0 Å². The van der Waals surface area contributed by atoms with Crippen LogP contribution in [0.15, 0.2) is 0 Å². The first-order valence-corrected chi connectivity index (χ1v) is 6.62. The highest BCUT2D eigenvalue weighted by molar-refractivity contribution is 5.78. The molecule has 0 saturated carbocycles. The molecular weight excluding hydrogens is 218 g/mol. The molecule has 0 radical (unpaired) electrons. The second-order valence-corrected chi connectivity index (χ2v) is 4.85. The SMILES string of the molecule is CCN1CCOC(CNCC2CCC(=O)N2)C1. The lowest BCUT2D eigenvalue weighted by molar-refractivity contribution is -0.119. The van der Waals surface area contributed by atoms with E-state index < -0.39 is 0 Å². The Kier molecular flexibility index (Phi) is 4.76. The van der Waals surface area contributed by atoms with Gasteiger partial charge < -0.3 is 15.4 Å². The zero-order valence-corrected chi connectivity index (χ0v) is 10.6. The van der Waals surface area contributed by atoms with Crippen LogP contribution in [0.5, 0.6) is 0 Å². The number of likely N-dealkylation sites (N-methyl/N-ethyl adjacent to an activating group) is 1. The van der Waals surface area contributed by atoms with Crippen LogP contribution < -0.4 is 10.6 Å². The summed E-state index contributed by atoms with van der Waals surface area (Å²) in [5.74, 6) is 0.183. The molecule has 2 aliphatic heterocycles. The molecule has 5 nitrogen and oxygen atoms in total. The van der Waals surface area contributed by atoms with Gasteiger partial charge in [-0.3, -0.25) is 9.69 Å². The van der Waals surface area contributed by atoms with E-state index in [0.29, 0.717) is 18.6 Å². The quantitative estimate of drug-likeness (QED) is 0.686. The Morgan fingerprint density at radius 2 is 2.41 bits per heavy atom. The first-order chi connectivity index (χ1) is 8.28. The van der Waals surface area contributed by atoms with Crippen molar-refractivity contribution in [2.45, 2.75) is 31.9 Å². The molecule has 0 aliphatic carbocycles. The number of carbonyl (C=O) groups excluding carboxylic acids is 1. The van der Waals surface area contributed by atoms with E-state index in [4.69, 9.17) is 4.74 Å². The van der Waals surface area contributed by atoms with Crippen molar-refractivity contribution in [2.75, 3.05) is 39.3 Å². The Morgan fingerprint density at radius 1 is 1.53 bits per heavy atom. The van der Waals surface area contributed by atoms with Gasteiger partial charge in [-0.25, -0.2) is 0 Å². The van der Waals surface area contributed by atoms with Gasteiger partial charge in [0.15, 0.2) is 0 Å². The summed E-state index contributed by atoms with van der Waals surface area (Å²) < 4.78 is 5.70. The third-order valence-corrected chi connectivity index (χ3v) is 3.52. The van der Waals surface area contributed by atoms with Gasteiger partial charge in [-0.15, -0.1) is 0 Å². The molecule has 2 unspecified atom stereocenters. The van der Waals surface area contributed by atoms with Crippen LogP contribution in [-0.2, 0) is 9.53 Å². The smallest absolute Gasteiger partial charge is 0.220 e. The van der Waals surface area contributed by atoms with Gasteiger partial charge in [0.1, 0.15) is 0 Å². The van der Waals surface area contributed by atoms with Gasteiger partial charge in [0.25, 0.3) is 0 Å². The molecule has 17 heavy (non-hydrogen) atoms. The first-order valence-electron chi connectivity index (χ1n) is 6.62. The van der Waals surface area contributed by atoms with Crippen molar-refractivity contribution in [1.82, 2.24) is 15.5 Å². The molecule has 0 bridgehead atoms. The summed E-state index contributed by atoms with van der Waals surface area (Å²) >= 11 is 0. The van der Waals surface area contributed by atoms with E-state index in [1.807, 2.05) is 0 Å². The van der Waals surface area contributed by atoms with Crippen molar-refractivity contribution >= 4 is 5.91 Å². The standard InChI is InChI=1S/C12H23N3O2/c1-2-15-5-6-17-11(9-15)8-13-7-10-3-4-12(16)14-10/h10-11,13H,2-9H2,1H3,(H,14,16). The fourth-order valence-electron chi connectivity index (χ4n) is 2.44. The lowest BCUT2D eigenvalue weighted by Gasteiger charge is -2.32. The number of ether oxygens (including phenoxy) is 1. The summed E-state index contributed by atoms with van der Waals surface area (Å²) in [7, 11) is 0. The van der Waals surface area contributed by atoms with E-state index in [0.717, 1.165) is 45.8 Å². The number of hydrogen-bond donors (Lipinski definition) is 2. The highest BCUT2D eigenvalue weighted by atomic mass is 16.5. The molecule has 0 aromatic rings. The van der Waals surface area contributed by atoms with E-state index >= 15 is 0 Å².